The molecule has 1 rings (SSSR count). The summed E-state index contributed by atoms with van der Waals surface area (Å²) in [5.41, 5.74) is 0. The zero-order chi connectivity index (χ0) is 8.97. The molecule has 3 nitrogen and oxygen atoms in total. The first-order valence-corrected chi connectivity index (χ1v) is 4.73. The summed E-state index contributed by atoms with van der Waals surface area (Å²) in [6.45, 7) is 5.66. The summed E-state index contributed by atoms with van der Waals surface area (Å²) in [5.74, 6) is 0. The molecule has 0 unspecified atom stereocenters. The van der Waals surface area contributed by atoms with Crippen LogP contribution in [0.15, 0.2) is 0 Å². The molecule has 0 saturated carbocycles. The highest BCUT2D eigenvalue weighted by molar-refractivity contribution is 4.78. The van der Waals surface area contributed by atoms with Crippen molar-refractivity contribution in [1.29, 1.82) is 0 Å². The van der Waals surface area contributed by atoms with Gasteiger partial charge in [0.25, 0.3) is 0 Å². The van der Waals surface area contributed by atoms with E-state index in [-0.39, 0.29) is 6.10 Å². The Morgan fingerprint density at radius 2 is 2.42 bits per heavy atom. The van der Waals surface area contributed by atoms with Crippen LogP contribution in [-0.4, -0.2) is 36.5 Å². The predicted molar refractivity (Wildman–Crippen MR) is 48.1 cm³/mol. The predicted octanol–water partition coefficient (Wildman–Crippen LogP) is 0.524. The third kappa shape index (κ3) is 3.09. The molecule has 1 saturated heterocycles. The Hall–Kier alpha value is -0.120. The molecule has 0 aromatic carbocycles. The van der Waals surface area contributed by atoms with Gasteiger partial charge < -0.3 is 15.2 Å². The Balaban J connectivity index is 2.06. The molecule has 0 aliphatic carbocycles. The van der Waals surface area contributed by atoms with E-state index in [1.807, 2.05) is 6.92 Å². The molecule has 0 amide bonds. The average Bonchev–Trinajstić information content (AvgIpc) is 2.36. The molecular weight excluding hydrogens is 154 g/mol. The Labute approximate surface area is 74.1 Å². The van der Waals surface area contributed by atoms with Crippen molar-refractivity contribution in [1.82, 2.24) is 5.32 Å². The molecular formula is C9H19NO2. The van der Waals surface area contributed by atoms with Crippen LogP contribution in [0.1, 0.15) is 26.7 Å². The fraction of sp³-hybridized carbons (Fsp3) is 1.00. The Morgan fingerprint density at radius 1 is 1.67 bits per heavy atom. The van der Waals surface area contributed by atoms with Crippen LogP contribution >= 0.6 is 0 Å². The first-order chi connectivity index (χ1) is 5.70. The lowest BCUT2D eigenvalue weighted by Crippen LogP contribution is -2.36. The molecule has 12 heavy (non-hydrogen) atoms. The van der Waals surface area contributed by atoms with Crippen LogP contribution in [0.2, 0.25) is 0 Å². The molecule has 0 aromatic heterocycles. The SMILES string of the molecule is C[C@@H](O)CCN[C@@H]1CCO[C@@H]1C. The summed E-state index contributed by atoms with van der Waals surface area (Å²) in [7, 11) is 0. The van der Waals surface area contributed by atoms with Crippen LogP contribution in [0.25, 0.3) is 0 Å². The number of aliphatic hydroxyl groups is 1. The van der Waals surface area contributed by atoms with E-state index in [0.717, 1.165) is 26.0 Å². The summed E-state index contributed by atoms with van der Waals surface area (Å²) in [6, 6.07) is 0.490. The molecule has 2 N–H and O–H groups in total. The van der Waals surface area contributed by atoms with E-state index in [0.29, 0.717) is 12.1 Å². The lowest BCUT2D eigenvalue weighted by atomic mass is 10.1. The smallest absolute Gasteiger partial charge is 0.0700 e. The van der Waals surface area contributed by atoms with Gasteiger partial charge in [-0.2, -0.15) is 0 Å². The normalized spacial score (nSPS) is 32.2. The zero-order valence-electron chi connectivity index (χ0n) is 7.92. The van der Waals surface area contributed by atoms with Gasteiger partial charge in [-0.25, -0.2) is 0 Å². The van der Waals surface area contributed by atoms with Crippen molar-refractivity contribution in [2.45, 2.75) is 44.9 Å². The van der Waals surface area contributed by atoms with Crippen LogP contribution in [0.5, 0.6) is 0 Å². The van der Waals surface area contributed by atoms with Crippen LogP contribution < -0.4 is 5.32 Å². The number of ether oxygens (including phenoxy) is 1. The van der Waals surface area contributed by atoms with Crippen molar-refractivity contribution < 1.29 is 9.84 Å². The van der Waals surface area contributed by atoms with E-state index in [9.17, 15) is 0 Å². The lowest BCUT2D eigenvalue weighted by molar-refractivity contribution is 0.111. The maximum absolute atomic E-state index is 9.02. The molecule has 1 aliphatic heterocycles. The van der Waals surface area contributed by atoms with E-state index in [2.05, 4.69) is 12.2 Å². The molecule has 0 aromatic rings. The third-order valence-corrected chi connectivity index (χ3v) is 2.34. The fourth-order valence-electron chi connectivity index (χ4n) is 1.48. The fourth-order valence-corrected chi connectivity index (χ4v) is 1.48. The van der Waals surface area contributed by atoms with Crippen molar-refractivity contribution in [2.24, 2.45) is 0 Å². The molecule has 0 bridgehead atoms. The minimum absolute atomic E-state index is 0.199. The number of rotatable bonds is 4. The van der Waals surface area contributed by atoms with Gasteiger partial charge in [-0.1, -0.05) is 0 Å². The summed E-state index contributed by atoms with van der Waals surface area (Å²) < 4.78 is 5.40. The molecule has 1 aliphatic rings. The number of hydrogen-bond donors (Lipinski definition) is 2. The second-order valence-electron chi connectivity index (χ2n) is 3.56. The third-order valence-electron chi connectivity index (χ3n) is 2.34. The van der Waals surface area contributed by atoms with Gasteiger partial charge >= 0.3 is 0 Å². The van der Waals surface area contributed by atoms with E-state index in [1.54, 1.807) is 0 Å². The highest BCUT2D eigenvalue weighted by Crippen LogP contribution is 2.12. The summed E-state index contributed by atoms with van der Waals surface area (Å²) >= 11 is 0. The second kappa shape index (κ2) is 4.80. The van der Waals surface area contributed by atoms with Gasteiger partial charge in [0.2, 0.25) is 0 Å². The van der Waals surface area contributed by atoms with Crippen LogP contribution in [0.3, 0.4) is 0 Å². The van der Waals surface area contributed by atoms with Gasteiger partial charge in [-0.3, -0.25) is 0 Å². The molecule has 3 atom stereocenters. The lowest BCUT2D eigenvalue weighted by Gasteiger charge is -2.16. The van der Waals surface area contributed by atoms with E-state index in [4.69, 9.17) is 9.84 Å². The monoisotopic (exact) mass is 173 g/mol. The minimum atomic E-state index is -0.199. The maximum atomic E-state index is 9.02. The average molecular weight is 173 g/mol. The standard InChI is InChI=1S/C9H19NO2/c1-7(11)3-5-10-9-4-6-12-8(9)2/h7-11H,3-6H2,1-2H3/t7-,8-,9-/m1/s1. The van der Waals surface area contributed by atoms with Gasteiger partial charge in [0, 0.05) is 12.6 Å². The van der Waals surface area contributed by atoms with Crippen LogP contribution in [0.4, 0.5) is 0 Å². The number of hydrogen-bond acceptors (Lipinski definition) is 3. The summed E-state index contributed by atoms with van der Waals surface area (Å²) in [5, 5.41) is 12.4. The summed E-state index contributed by atoms with van der Waals surface area (Å²) in [4.78, 5) is 0. The molecule has 1 heterocycles. The minimum Gasteiger partial charge on any atom is -0.393 e. The molecule has 3 heteroatoms. The Bertz CT molecular complexity index is 128. The molecule has 0 spiro atoms. The topological polar surface area (TPSA) is 41.5 Å². The van der Waals surface area contributed by atoms with Gasteiger partial charge in [0.15, 0.2) is 0 Å². The Morgan fingerprint density at radius 3 is 2.92 bits per heavy atom. The van der Waals surface area contributed by atoms with Crippen molar-refractivity contribution >= 4 is 0 Å². The molecule has 0 radical (unpaired) electrons. The quantitative estimate of drug-likeness (QED) is 0.651. The van der Waals surface area contributed by atoms with Gasteiger partial charge in [0.1, 0.15) is 0 Å². The second-order valence-corrected chi connectivity index (χ2v) is 3.56. The van der Waals surface area contributed by atoms with Gasteiger partial charge in [-0.15, -0.1) is 0 Å². The maximum Gasteiger partial charge on any atom is 0.0700 e. The highest BCUT2D eigenvalue weighted by atomic mass is 16.5. The largest absolute Gasteiger partial charge is 0.393 e. The van der Waals surface area contributed by atoms with Gasteiger partial charge in [-0.05, 0) is 33.2 Å². The van der Waals surface area contributed by atoms with Crippen molar-refractivity contribution in [3.63, 3.8) is 0 Å². The van der Waals surface area contributed by atoms with E-state index < -0.39 is 0 Å². The summed E-state index contributed by atoms with van der Waals surface area (Å²) in [6.07, 6.45) is 2.05. The van der Waals surface area contributed by atoms with Gasteiger partial charge in [0.05, 0.1) is 12.2 Å². The highest BCUT2D eigenvalue weighted by Gasteiger charge is 2.22. The van der Waals surface area contributed by atoms with Crippen LogP contribution in [-0.2, 0) is 4.74 Å². The van der Waals surface area contributed by atoms with Crippen molar-refractivity contribution in [3.8, 4) is 0 Å². The van der Waals surface area contributed by atoms with Crippen molar-refractivity contribution in [2.75, 3.05) is 13.2 Å². The van der Waals surface area contributed by atoms with Crippen molar-refractivity contribution in [3.05, 3.63) is 0 Å². The molecule has 1 fully saturated rings. The zero-order valence-corrected chi connectivity index (χ0v) is 7.92. The van der Waals surface area contributed by atoms with Crippen LogP contribution in [0, 0.1) is 0 Å². The Kier molecular flexibility index (Phi) is 3.98. The van der Waals surface area contributed by atoms with E-state index in [1.165, 1.54) is 0 Å². The number of nitrogens with one attached hydrogen (secondary N) is 1. The molecule has 72 valence electrons. The number of aliphatic hydroxyl groups excluding tert-OH is 1. The van der Waals surface area contributed by atoms with E-state index >= 15 is 0 Å². The first-order valence-electron chi connectivity index (χ1n) is 4.73. The first kappa shape index (κ1) is 9.96.